The Bertz CT molecular complexity index is 466. The molecule has 1 amide bonds. The molecule has 0 aliphatic carbocycles. The smallest absolute Gasteiger partial charge is 0.331 e. The summed E-state index contributed by atoms with van der Waals surface area (Å²) < 4.78 is 14.5. The number of hydrogen-bond acceptors (Lipinski definition) is 7. The van der Waals surface area contributed by atoms with Crippen molar-refractivity contribution < 1.29 is 33.7 Å². The number of esters is 2. The number of aliphatic hydroxyl groups is 1. The van der Waals surface area contributed by atoms with E-state index in [0.29, 0.717) is 26.3 Å². The molecule has 1 heterocycles. The molecule has 0 spiro atoms. The molecule has 8 nitrogen and oxygen atoms in total. The Morgan fingerprint density at radius 3 is 2.35 bits per heavy atom. The third-order valence-corrected chi connectivity index (χ3v) is 3.44. The van der Waals surface area contributed by atoms with Gasteiger partial charge in [-0.05, 0) is 0 Å². The number of rotatable bonds is 6. The average molecular weight is 329 g/mol. The van der Waals surface area contributed by atoms with Gasteiger partial charge in [0, 0.05) is 30.7 Å². The lowest BCUT2D eigenvalue weighted by molar-refractivity contribution is -0.157. The third kappa shape index (κ3) is 5.99. The molecule has 130 valence electrons. The molecule has 0 aromatic heterocycles. The molecule has 0 bridgehead atoms. The van der Waals surface area contributed by atoms with Crippen LogP contribution in [0.4, 0.5) is 0 Å². The summed E-state index contributed by atoms with van der Waals surface area (Å²) in [5.74, 6) is -1.85. The molecule has 0 unspecified atom stereocenters. The highest BCUT2D eigenvalue weighted by atomic mass is 16.5. The second-order valence-corrected chi connectivity index (χ2v) is 5.79. The van der Waals surface area contributed by atoms with Crippen LogP contribution < -0.4 is 0 Å². The number of ether oxygens (including phenoxy) is 3. The van der Waals surface area contributed by atoms with E-state index in [2.05, 4.69) is 4.74 Å². The van der Waals surface area contributed by atoms with Crippen LogP contribution in [0.5, 0.6) is 0 Å². The number of aliphatic hydroxyl groups excluding tert-OH is 1. The van der Waals surface area contributed by atoms with Gasteiger partial charge in [-0.1, -0.05) is 13.8 Å². The zero-order valence-corrected chi connectivity index (χ0v) is 13.6. The summed E-state index contributed by atoms with van der Waals surface area (Å²) in [5, 5.41) is 10.3. The van der Waals surface area contributed by atoms with Crippen molar-refractivity contribution in [1.29, 1.82) is 0 Å². The molecule has 8 heteroatoms. The molecule has 1 fully saturated rings. The van der Waals surface area contributed by atoms with Crippen molar-refractivity contribution >= 4 is 17.8 Å². The molecule has 0 aromatic carbocycles. The molecule has 1 aliphatic heterocycles. The molecule has 1 saturated heterocycles. The van der Waals surface area contributed by atoms with E-state index in [1.165, 1.54) is 12.0 Å². The standard InChI is InChI=1S/C15H23NO7/c1-15(2,10-23-12(18)5-4-11(17)21-3)13(19)14(20)16-6-8-22-9-7-16/h4-5,13,19H,6-10H2,1-3H3/b5-4+/t13-/m0/s1. The van der Waals surface area contributed by atoms with E-state index >= 15 is 0 Å². The first kappa shape index (κ1) is 19.1. The maximum absolute atomic E-state index is 12.2. The van der Waals surface area contributed by atoms with Crippen molar-refractivity contribution in [3.8, 4) is 0 Å². The second kappa shape index (κ2) is 8.64. The predicted octanol–water partition coefficient (Wildman–Crippen LogP) is -0.495. The molecule has 23 heavy (non-hydrogen) atoms. The fourth-order valence-electron chi connectivity index (χ4n) is 1.88. The van der Waals surface area contributed by atoms with Gasteiger partial charge in [-0.15, -0.1) is 0 Å². The minimum atomic E-state index is -1.31. The highest BCUT2D eigenvalue weighted by molar-refractivity contribution is 5.91. The summed E-state index contributed by atoms with van der Waals surface area (Å²) in [5.41, 5.74) is -0.968. The Morgan fingerprint density at radius 1 is 1.22 bits per heavy atom. The lowest BCUT2D eigenvalue weighted by atomic mass is 9.86. The average Bonchev–Trinajstić information content (AvgIpc) is 2.57. The molecular weight excluding hydrogens is 306 g/mol. The Kier molecular flexibility index (Phi) is 7.18. The van der Waals surface area contributed by atoms with E-state index in [1.807, 2.05) is 0 Å². The minimum Gasteiger partial charge on any atom is -0.466 e. The zero-order valence-electron chi connectivity index (χ0n) is 13.6. The SMILES string of the molecule is COC(=O)/C=C/C(=O)OCC(C)(C)[C@@H](O)C(=O)N1CCOCC1. The van der Waals surface area contributed by atoms with Gasteiger partial charge in [-0.3, -0.25) is 4.79 Å². The largest absolute Gasteiger partial charge is 0.466 e. The zero-order chi connectivity index (χ0) is 17.5. The van der Waals surface area contributed by atoms with Crippen LogP contribution in [0.2, 0.25) is 0 Å². The maximum Gasteiger partial charge on any atom is 0.331 e. The number of hydrogen-bond donors (Lipinski definition) is 1. The van der Waals surface area contributed by atoms with Crippen molar-refractivity contribution in [3.05, 3.63) is 12.2 Å². The highest BCUT2D eigenvalue weighted by Crippen LogP contribution is 2.23. The molecule has 0 saturated carbocycles. The fraction of sp³-hybridized carbons (Fsp3) is 0.667. The van der Waals surface area contributed by atoms with Crippen molar-refractivity contribution in [2.24, 2.45) is 5.41 Å². The van der Waals surface area contributed by atoms with E-state index in [1.54, 1.807) is 13.8 Å². The van der Waals surface area contributed by atoms with Crippen molar-refractivity contribution in [1.82, 2.24) is 4.90 Å². The van der Waals surface area contributed by atoms with Crippen LogP contribution in [-0.2, 0) is 28.6 Å². The third-order valence-electron chi connectivity index (χ3n) is 3.44. The second-order valence-electron chi connectivity index (χ2n) is 5.79. The molecule has 1 atom stereocenters. The molecule has 1 N–H and O–H groups in total. The van der Waals surface area contributed by atoms with Crippen LogP contribution in [0, 0.1) is 5.41 Å². The molecule has 0 aromatic rings. The molecule has 1 rings (SSSR count). The number of amides is 1. The van der Waals surface area contributed by atoms with Gasteiger partial charge in [-0.25, -0.2) is 9.59 Å². The Morgan fingerprint density at radius 2 is 1.78 bits per heavy atom. The summed E-state index contributed by atoms with van der Waals surface area (Å²) in [4.78, 5) is 36.1. The number of carbonyl (C=O) groups excluding carboxylic acids is 3. The van der Waals surface area contributed by atoms with Gasteiger partial charge in [0.2, 0.25) is 0 Å². The molecule has 0 radical (unpaired) electrons. The lowest BCUT2D eigenvalue weighted by Crippen LogP contribution is -2.51. The van der Waals surface area contributed by atoms with Crippen molar-refractivity contribution in [2.75, 3.05) is 40.0 Å². The van der Waals surface area contributed by atoms with E-state index in [0.717, 1.165) is 12.2 Å². The first-order chi connectivity index (χ1) is 10.8. The topological polar surface area (TPSA) is 102 Å². The number of nitrogens with zero attached hydrogens (tertiary/aromatic N) is 1. The fourth-order valence-corrected chi connectivity index (χ4v) is 1.88. The van der Waals surface area contributed by atoms with Crippen LogP contribution in [0.15, 0.2) is 12.2 Å². The maximum atomic E-state index is 12.2. The van der Waals surface area contributed by atoms with Crippen LogP contribution in [0.3, 0.4) is 0 Å². The van der Waals surface area contributed by atoms with Gasteiger partial charge < -0.3 is 24.2 Å². The molecule has 1 aliphatic rings. The van der Waals surface area contributed by atoms with Gasteiger partial charge in [-0.2, -0.15) is 0 Å². The van der Waals surface area contributed by atoms with E-state index in [-0.39, 0.29) is 6.61 Å². The summed E-state index contributed by atoms with van der Waals surface area (Å²) in [6.07, 6.45) is 0.556. The summed E-state index contributed by atoms with van der Waals surface area (Å²) >= 11 is 0. The monoisotopic (exact) mass is 329 g/mol. The van der Waals surface area contributed by atoms with Gasteiger partial charge in [0.15, 0.2) is 0 Å². The normalized spacial score (nSPS) is 17.0. The quantitative estimate of drug-likeness (QED) is 0.518. The van der Waals surface area contributed by atoms with Crippen molar-refractivity contribution in [2.45, 2.75) is 20.0 Å². The number of methoxy groups -OCH3 is 1. The predicted molar refractivity (Wildman–Crippen MR) is 79.3 cm³/mol. The Balaban J connectivity index is 2.53. The summed E-state index contributed by atoms with van der Waals surface area (Å²) in [7, 11) is 1.19. The van der Waals surface area contributed by atoms with Gasteiger partial charge >= 0.3 is 11.9 Å². The van der Waals surface area contributed by atoms with Crippen LogP contribution in [0.1, 0.15) is 13.8 Å². The van der Waals surface area contributed by atoms with E-state index < -0.39 is 29.4 Å². The molecular formula is C15H23NO7. The van der Waals surface area contributed by atoms with Gasteiger partial charge in [0.1, 0.15) is 6.10 Å². The summed E-state index contributed by atoms with van der Waals surface area (Å²) in [6, 6.07) is 0. The minimum absolute atomic E-state index is 0.172. The van der Waals surface area contributed by atoms with Crippen molar-refractivity contribution in [3.63, 3.8) is 0 Å². The summed E-state index contributed by atoms with van der Waals surface area (Å²) in [6.45, 7) is 4.79. The van der Waals surface area contributed by atoms with Crippen LogP contribution in [0.25, 0.3) is 0 Å². The number of morpholine rings is 1. The lowest BCUT2D eigenvalue weighted by Gasteiger charge is -2.34. The van der Waals surface area contributed by atoms with Crippen LogP contribution in [-0.4, -0.2) is 74.0 Å². The first-order valence-corrected chi connectivity index (χ1v) is 7.25. The first-order valence-electron chi connectivity index (χ1n) is 7.25. The van der Waals surface area contributed by atoms with E-state index in [4.69, 9.17) is 9.47 Å². The number of carbonyl (C=O) groups is 3. The van der Waals surface area contributed by atoms with Crippen LogP contribution >= 0.6 is 0 Å². The van der Waals surface area contributed by atoms with Gasteiger partial charge in [0.05, 0.1) is 26.9 Å². The Labute approximate surface area is 135 Å². The highest BCUT2D eigenvalue weighted by Gasteiger charge is 2.37. The van der Waals surface area contributed by atoms with E-state index in [9.17, 15) is 19.5 Å². The Hall–Kier alpha value is -1.93. The van der Waals surface area contributed by atoms with Gasteiger partial charge in [0.25, 0.3) is 5.91 Å².